The second-order valence-corrected chi connectivity index (χ2v) is 10.2. The van der Waals surface area contributed by atoms with Crippen molar-refractivity contribution in [3.8, 4) is 0 Å². The lowest BCUT2D eigenvalue weighted by Gasteiger charge is -2.27. The van der Waals surface area contributed by atoms with Gasteiger partial charge in [-0.2, -0.15) is 5.10 Å². The Morgan fingerprint density at radius 1 is 1.30 bits per heavy atom. The molecular formula is C18H23ClN4O3S. The third kappa shape index (κ3) is 4.11. The lowest BCUT2D eigenvalue weighted by atomic mass is 10.0. The van der Waals surface area contributed by atoms with Crippen molar-refractivity contribution in [3.63, 3.8) is 0 Å². The molecule has 146 valence electrons. The van der Waals surface area contributed by atoms with Crippen molar-refractivity contribution in [2.45, 2.75) is 50.6 Å². The molecule has 9 heteroatoms. The Kier molecular flexibility index (Phi) is 4.98. The van der Waals surface area contributed by atoms with Crippen LogP contribution < -0.4 is 10.6 Å². The summed E-state index contributed by atoms with van der Waals surface area (Å²) in [4.78, 5) is 12.8. The predicted octanol–water partition coefficient (Wildman–Crippen LogP) is 3.64. The first-order valence-corrected chi connectivity index (χ1v) is 10.7. The fourth-order valence-corrected chi connectivity index (χ4v) is 4.96. The van der Waals surface area contributed by atoms with Gasteiger partial charge in [0.2, 0.25) is 0 Å². The van der Waals surface area contributed by atoms with Crippen LogP contribution in [-0.2, 0) is 15.4 Å². The second-order valence-electron chi connectivity index (χ2n) is 7.69. The number of nitrogens with one attached hydrogen (secondary N) is 2. The van der Waals surface area contributed by atoms with Crippen LogP contribution in [0.3, 0.4) is 0 Å². The first-order valence-electron chi connectivity index (χ1n) is 8.64. The van der Waals surface area contributed by atoms with Crippen molar-refractivity contribution in [1.29, 1.82) is 0 Å². The van der Waals surface area contributed by atoms with Crippen LogP contribution in [0.4, 0.5) is 10.6 Å². The molecule has 0 aliphatic carbocycles. The fourth-order valence-electron chi connectivity index (χ4n) is 3.17. The first-order chi connectivity index (χ1) is 12.5. The van der Waals surface area contributed by atoms with Gasteiger partial charge in [-0.25, -0.2) is 17.9 Å². The summed E-state index contributed by atoms with van der Waals surface area (Å²) in [7, 11) is -3.35. The van der Waals surface area contributed by atoms with Gasteiger partial charge in [0.15, 0.2) is 9.84 Å². The smallest absolute Gasteiger partial charge is 0.320 e. The fraction of sp³-hybridized carbons (Fsp3) is 0.444. The molecule has 1 aromatic heterocycles. The van der Waals surface area contributed by atoms with Gasteiger partial charge < -0.3 is 5.32 Å². The third-order valence-corrected chi connectivity index (χ3v) is 6.42. The molecule has 7 nitrogen and oxygen atoms in total. The van der Waals surface area contributed by atoms with E-state index in [-0.39, 0.29) is 16.2 Å². The van der Waals surface area contributed by atoms with Crippen LogP contribution in [0.1, 0.15) is 44.5 Å². The van der Waals surface area contributed by atoms with Gasteiger partial charge in [0.25, 0.3) is 0 Å². The molecule has 1 atom stereocenters. The zero-order valence-corrected chi connectivity index (χ0v) is 17.3. The number of rotatable bonds is 2. The van der Waals surface area contributed by atoms with Crippen LogP contribution in [-0.4, -0.2) is 30.0 Å². The zero-order valence-electron chi connectivity index (χ0n) is 15.7. The summed E-state index contributed by atoms with van der Waals surface area (Å²) in [5.74, 6) is 0.554. The highest BCUT2D eigenvalue weighted by atomic mass is 35.5. The van der Waals surface area contributed by atoms with Gasteiger partial charge in [-0.3, -0.25) is 5.32 Å². The topological polar surface area (TPSA) is 93.1 Å². The highest BCUT2D eigenvalue weighted by Crippen LogP contribution is 2.34. The number of hydrogen-bond donors (Lipinski definition) is 2. The molecule has 1 aromatic carbocycles. The zero-order chi connectivity index (χ0) is 20.0. The van der Waals surface area contributed by atoms with Crippen molar-refractivity contribution in [1.82, 2.24) is 15.1 Å². The predicted molar refractivity (Wildman–Crippen MR) is 105 cm³/mol. The lowest BCUT2D eigenvalue weighted by Crippen LogP contribution is -2.37. The van der Waals surface area contributed by atoms with E-state index >= 15 is 0 Å². The van der Waals surface area contributed by atoms with Crippen LogP contribution in [0.15, 0.2) is 29.2 Å². The molecule has 1 unspecified atom stereocenters. The van der Waals surface area contributed by atoms with E-state index in [4.69, 9.17) is 11.6 Å². The molecule has 0 radical (unpaired) electrons. The molecule has 1 aliphatic heterocycles. The minimum absolute atomic E-state index is 0.0222. The molecule has 27 heavy (non-hydrogen) atoms. The standard InChI is InChI=1S/C18H23ClN4O3S/c1-11-9-16(23(22-11)18(2,3)4)21-17(24)20-14-7-8-27(25,26)15-6-5-12(19)10-13(14)15/h5-6,9-10,14H,7-8H2,1-4H3,(H2,20,21,24). The van der Waals surface area contributed by atoms with Gasteiger partial charge in [-0.1, -0.05) is 11.6 Å². The van der Waals surface area contributed by atoms with E-state index in [1.807, 2.05) is 27.7 Å². The van der Waals surface area contributed by atoms with E-state index in [9.17, 15) is 13.2 Å². The van der Waals surface area contributed by atoms with Crippen molar-refractivity contribution >= 4 is 33.3 Å². The number of fused-ring (bicyclic) bond motifs is 1. The largest absolute Gasteiger partial charge is 0.331 e. The van der Waals surface area contributed by atoms with Crippen LogP contribution >= 0.6 is 11.6 Å². The average Bonchev–Trinajstić information content (AvgIpc) is 2.90. The molecule has 0 bridgehead atoms. The van der Waals surface area contributed by atoms with E-state index in [1.54, 1.807) is 22.9 Å². The number of benzene rings is 1. The van der Waals surface area contributed by atoms with Crippen LogP contribution in [0.5, 0.6) is 0 Å². The Labute approximate surface area is 164 Å². The molecule has 3 rings (SSSR count). The molecule has 2 amide bonds. The van der Waals surface area contributed by atoms with Crippen LogP contribution in [0.25, 0.3) is 0 Å². The van der Waals surface area contributed by atoms with Crippen molar-refractivity contribution in [2.24, 2.45) is 0 Å². The number of anilines is 1. The summed E-state index contributed by atoms with van der Waals surface area (Å²) in [5.41, 5.74) is 1.01. The van der Waals surface area contributed by atoms with Gasteiger partial charge >= 0.3 is 6.03 Å². The van der Waals surface area contributed by atoms with E-state index < -0.39 is 21.9 Å². The average molecular weight is 411 g/mol. The van der Waals surface area contributed by atoms with Crippen molar-refractivity contribution < 1.29 is 13.2 Å². The lowest BCUT2D eigenvalue weighted by molar-refractivity contribution is 0.247. The van der Waals surface area contributed by atoms with Crippen molar-refractivity contribution in [2.75, 3.05) is 11.1 Å². The number of halogens is 1. The molecule has 2 aromatic rings. The molecule has 1 aliphatic rings. The Morgan fingerprint density at radius 3 is 2.67 bits per heavy atom. The number of carbonyl (C=O) groups is 1. The molecule has 0 saturated heterocycles. The molecule has 2 N–H and O–H groups in total. The second kappa shape index (κ2) is 6.83. The summed E-state index contributed by atoms with van der Waals surface area (Å²) in [6.07, 6.45) is 0.292. The summed E-state index contributed by atoms with van der Waals surface area (Å²) < 4.78 is 26.3. The first kappa shape index (κ1) is 19.7. The van der Waals surface area contributed by atoms with Gasteiger partial charge in [0.1, 0.15) is 5.82 Å². The minimum atomic E-state index is -3.35. The third-order valence-electron chi connectivity index (χ3n) is 4.37. The Hall–Kier alpha value is -2.06. The van der Waals surface area contributed by atoms with Gasteiger partial charge in [-0.05, 0) is 57.9 Å². The summed E-state index contributed by atoms with van der Waals surface area (Å²) in [5, 5.41) is 10.5. The van der Waals surface area contributed by atoms with Crippen LogP contribution in [0.2, 0.25) is 5.02 Å². The molecule has 0 spiro atoms. The maximum Gasteiger partial charge on any atom is 0.320 e. The normalized spacial score (nSPS) is 18.6. The minimum Gasteiger partial charge on any atom is -0.331 e. The number of hydrogen-bond acceptors (Lipinski definition) is 4. The quantitative estimate of drug-likeness (QED) is 0.790. The number of carbonyl (C=O) groups excluding carboxylic acids is 1. The highest BCUT2D eigenvalue weighted by molar-refractivity contribution is 7.91. The SMILES string of the molecule is Cc1cc(NC(=O)NC2CCS(=O)(=O)c3ccc(Cl)cc32)n(C(C)(C)C)n1. The van der Waals surface area contributed by atoms with Crippen molar-refractivity contribution in [3.05, 3.63) is 40.5 Å². The maximum absolute atomic E-state index is 12.6. The number of urea groups is 1. The van der Waals surface area contributed by atoms with Gasteiger partial charge in [-0.15, -0.1) is 0 Å². The molecule has 2 heterocycles. The van der Waals surface area contributed by atoms with E-state index in [2.05, 4.69) is 15.7 Å². The van der Waals surface area contributed by atoms with Gasteiger partial charge in [0.05, 0.1) is 27.9 Å². The number of sulfone groups is 1. The number of nitrogens with zero attached hydrogens (tertiary/aromatic N) is 2. The van der Waals surface area contributed by atoms with Crippen LogP contribution in [0, 0.1) is 6.92 Å². The Balaban J connectivity index is 1.83. The Bertz CT molecular complexity index is 993. The Morgan fingerprint density at radius 2 is 2.00 bits per heavy atom. The number of aryl methyl sites for hydroxylation is 1. The van der Waals surface area contributed by atoms with E-state index in [0.717, 1.165) is 5.69 Å². The maximum atomic E-state index is 12.6. The number of aromatic nitrogens is 2. The number of amides is 2. The highest BCUT2D eigenvalue weighted by Gasteiger charge is 2.31. The summed E-state index contributed by atoms with van der Waals surface area (Å²) in [6.45, 7) is 7.84. The molecular weight excluding hydrogens is 388 g/mol. The molecule has 0 saturated carbocycles. The summed E-state index contributed by atoms with van der Waals surface area (Å²) in [6, 6.07) is 5.58. The summed E-state index contributed by atoms with van der Waals surface area (Å²) >= 11 is 6.04. The van der Waals surface area contributed by atoms with Gasteiger partial charge in [0, 0.05) is 11.1 Å². The molecule has 0 fully saturated rings. The van der Waals surface area contributed by atoms with E-state index in [1.165, 1.54) is 6.07 Å². The monoisotopic (exact) mass is 410 g/mol. The van der Waals surface area contributed by atoms with E-state index in [0.29, 0.717) is 22.8 Å².